The Morgan fingerprint density at radius 2 is 2.05 bits per heavy atom. The molecule has 1 saturated heterocycles. The highest BCUT2D eigenvalue weighted by molar-refractivity contribution is 8.15. The molecule has 2 amide bonds. The topological polar surface area (TPSA) is 61.8 Å². The number of halogens is 1. The maximum absolute atomic E-state index is 12.8. The van der Waals surface area contributed by atoms with Gasteiger partial charge in [0.2, 0.25) is 11.8 Å². The Morgan fingerprint density at radius 1 is 1.36 bits per heavy atom. The minimum Gasteiger partial charge on any atom is -0.326 e. The zero-order valence-corrected chi connectivity index (χ0v) is 13.3. The quantitative estimate of drug-likeness (QED) is 0.905. The van der Waals surface area contributed by atoms with E-state index in [1.54, 1.807) is 4.90 Å². The summed E-state index contributed by atoms with van der Waals surface area (Å²) in [5.41, 5.74) is 0.511. The molecule has 0 saturated carbocycles. The predicted molar refractivity (Wildman–Crippen MR) is 86.4 cm³/mol. The van der Waals surface area contributed by atoms with Gasteiger partial charge in [0, 0.05) is 25.2 Å². The van der Waals surface area contributed by atoms with E-state index in [1.807, 2.05) is 13.8 Å². The zero-order chi connectivity index (χ0) is 16.1. The summed E-state index contributed by atoms with van der Waals surface area (Å²) in [5.74, 6) is -0.723. The van der Waals surface area contributed by atoms with Crippen LogP contribution in [0.15, 0.2) is 29.3 Å². The molecule has 1 aromatic rings. The molecule has 0 bridgehead atoms. The molecule has 1 fully saturated rings. The van der Waals surface area contributed by atoms with E-state index in [-0.39, 0.29) is 24.1 Å². The summed E-state index contributed by atoms with van der Waals surface area (Å²) in [4.78, 5) is 30.2. The number of hydrogen-bond acceptors (Lipinski definition) is 4. The van der Waals surface area contributed by atoms with Gasteiger partial charge in [0.25, 0.3) is 0 Å². The van der Waals surface area contributed by atoms with E-state index in [0.29, 0.717) is 23.9 Å². The molecule has 0 radical (unpaired) electrons. The van der Waals surface area contributed by atoms with Crippen molar-refractivity contribution < 1.29 is 14.0 Å². The van der Waals surface area contributed by atoms with Crippen molar-refractivity contribution in [3.63, 3.8) is 0 Å². The number of thioether (sulfide) groups is 1. The lowest BCUT2D eigenvalue weighted by Gasteiger charge is -2.13. The number of benzene rings is 1. The number of aliphatic imine (C=N–C) groups is 1. The third-order valence-corrected chi connectivity index (χ3v) is 4.34. The summed E-state index contributed by atoms with van der Waals surface area (Å²) in [6.45, 7) is 4.92. The van der Waals surface area contributed by atoms with Crippen LogP contribution in [0, 0.1) is 5.82 Å². The van der Waals surface area contributed by atoms with Gasteiger partial charge in [0.15, 0.2) is 5.17 Å². The van der Waals surface area contributed by atoms with Gasteiger partial charge in [-0.1, -0.05) is 11.8 Å². The van der Waals surface area contributed by atoms with Gasteiger partial charge >= 0.3 is 0 Å². The molecule has 1 aliphatic rings. The number of amidine groups is 1. The van der Waals surface area contributed by atoms with Crippen molar-refractivity contribution >= 4 is 34.4 Å². The smallest absolute Gasteiger partial charge is 0.242 e. The fourth-order valence-corrected chi connectivity index (χ4v) is 3.37. The molecule has 0 unspecified atom stereocenters. The average Bonchev–Trinajstić information content (AvgIpc) is 2.77. The highest BCUT2D eigenvalue weighted by Gasteiger charge is 2.37. The zero-order valence-electron chi connectivity index (χ0n) is 12.5. The molecular formula is C15H18FN3O2S. The van der Waals surface area contributed by atoms with Crippen molar-refractivity contribution in [1.82, 2.24) is 4.90 Å². The molecule has 0 spiro atoms. The molecule has 22 heavy (non-hydrogen) atoms. The van der Waals surface area contributed by atoms with Crippen LogP contribution in [-0.2, 0) is 9.59 Å². The molecule has 1 N–H and O–H groups in total. The number of nitrogens with one attached hydrogen (secondary N) is 1. The largest absolute Gasteiger partial charge is 0.326 e. The first-order chi connectivity index (χ1) is 10.5. The Morgan fingerprint density at radius 3 is 2.64 bits per heavy atom. The molecule has 2 rings (SSSR count). The average molecular weight is 323 g/mol. The van der Waals surface area contributed by atoms with Gasteiger partial charge in [-0.15, -0.1) is 0 Å². The van der Waals surface area contributed by atoms with Crippen molar-refractivity contribution in [3.8, 4) is 0 Å². The summed E-state index contributed by atoms with van der Waals surface area (Å²) in [6, 6.07) is 5.52. The number of carbonyl (C=O) groups excluding carboxylic acids is 2. The number of carbonyl (C=O) groups is 2. The molecule has 1 aliphatic heterocycles. The van der Waals surface area contributed by atoms with E-state index in [1.165, 1.54) is 36.0 Å². The predicted octanol–water partition coefficient (Wildman–Crippen LogP) is 2.49. The van der Waals surface area contributed by atoms with Crippen LogP contribution in [0.25, 0.3) is 0 Å². The van der Waals surface area contributed by atoms with Crippen LogP contribution < -0.4 is 5.32 Å². The number of anilines is 1. The first-order valence-electron chi connectivity index (χ1n) is 7.13. The summed E-state index contributed by atoms with van der Waals surface area (Å²) < 4.78 is 12.8. The van der Waals surface area contributed by atoms with Crippen LogP contribution in [0.3, 0.4) is 0 Å². The van der Waals surface area contributed by atoms with Gasteiger partial charge in [-0.05, 0) is 38.1 Å². The van der Waals surface area contributed by atoms with Crippen LogP contribution in [-0.4, -0.2) is 40.2 Å². The minimum atomic E-state index is -0.453. The van der Waals surface area contributed by atoms with E-state index in [2.05, 4.69) is 10.3 Å². The molecule has 1 atom stereocenters. The van der Waals surface area contributed by atoms with Gasteiger partial charge in [-0.25, -0.2) is 4.39 Å². The molecule has 118 valence electrons. The Labute approximate surface area is 133 Å². The number of hydrogen-bond donors (Lipinski definition) is 1. The van der Waals surface area contributed by atoms with Crippen molar-refractivity contribution in [2.24, 2.45) is 4.99 Å². The maximum atomic E-state index is 12.8. The maximum Gasteiger partial charge on any atom is 0.242 e. The molecule has 1 heterocycles. The van der Waals surface area contributed by atoms with Crippen molar-refractivity contribution in [3.05, 3.63) is 30.1 Å². The summed E-state index contributed by atoms with van der Waals surface area (Å²) in [7, 11) is 0. The lowest BCUT2D eigenvalue weighted by atomic mass is 10.2. The Balaban J connectivity index is 1.98. The minimum absolute atomic E-state index is 0.0696. The van der Waals surface area contributed by atoms with Gasteiger partial charge < -0.3 is 5.32 Å². The third-order valence-electron chi connectivity index (χ3n) is 3.13. The monoisotopic (exact) mass is 323 g/mol. The highest BCUT2D eigenvalue weighted by atomic mass is 32.2. The normalized spacial score (nSPS) is 19.8. The second-order valence-electron chi connectivity index (χ2n) is 4.71. The van der Waals surface area contributed by atoms with E-state index in [9.17, 15) is 14.0 Å². The lowest BCUT2D eigenvalue weighted by Crippen LogP contribution is -2.33. The molecule has 5 nitrogen and oxygen atoms in total. The lowest BCUT2D eigenvalue weighted by molar-refractivity contribution is -0.128. The Kier molecular flexibility index (Phi) is 5.54. The van der Waals surface area contributed by atoms with Crippen LogP contribution >= 0.6 is 11.8 Å². The number of amides is 2. The molecule has 0 aromatic heterocycles. The van der Waals surface area contributed by atoms with E-state index in [0.717, 1.165) is 0 Å². The number of nitrogens with zero attached hydrogens (tertiary/aromatic N) is 2. The van der Waals surface area contributed by atoms with Crippen LogP contribution in [0.4, 0.5) is 10.1 Å². The molecular weight excluding hydrogens is 305 g/mol. The van der Waals surface area contributed by atoms with Gasteiger partial charge in [0.05, 0.1) is 0 Å². The van der Waals surface area contributed by atoms with Gasteiger partial charge in [0.1, 0.15) is 11.1 Å². The Hall–Kier alpha value is -1.89. The van der Waals surface area contributed by atoms with Crippen molar-refractivity contribution in [1.29, 1.82) is 0 Å². The van der Waals surface area contributed by atoms with Crippen LogP contribution in [0.1, 0.15) is 20.3 Å². The SMILES string of the molecule is CCN=C1S[C@H](CC(=O)Nc2ccc(F)cc2)C(=O)N1CC. The van der Waals surface area contributed by atoms with Crippen LogP contribution in [0.2, 0.25) is 0 Å². The number of rotatable bonds is 5. The summed E-state index contributed by atoms with van der Waals surface area (Å²) >= 11 is 1.32. The van der Waals surface area contributed by atoms with E-state index >= 15 is 0 Å². The fraction of sp³-hybridized carbons (Fsp3) is 0.400. The molecule has 1 aromatic carbocycles. The molecule has 0 aliphatic carbocycles. The van der Waals surface area contributed by atoms with Crippen molar-refractivity contribution in [2.45, 2.75) is 25.5 Å². The van der Waals surface area contributed by atoms with Gasteiger partial charge in [-0.3, -0.25) is 19.5 Å². The van der Waals surface area contributed by atoms with Gasteiger partial charge in [-0.2, -0.15) is 0 Å². The summed E-state index contributed by atoms with van der Waals surface area (Å²) in [5, 5.41) is 2.89. The third kappa shape index (κ3) is 3.85. The Bertz CT molecular complexity index is 589. The molecule has 7 heteroatoms. The summed E-state index contributed by atoms with van der Waals surface area (Å²) in [6.07, 6.45) is 0.0696. The first-order valence-corrected chi connectivity index (χ1v) is 8.01. The first kappa shape index (κ1) is 16.5. The second kappa shape index (κ2) is 7.40. The van der Waals surface area contributed by atoms with E-state index in [4.69, 9.17) is 0 Å². The highest BCUT2D eigenvalue weighted by Crippen LogP contribution is 2.29. The second-order valence-corrected chi connectivity index (χ2v) is 5.87. The van der Waals surface area contributed by atoms with Crippen LogP contribution in [0.5, 0.6) is 0 Å². The van der Waals surface area contributed by atoms with Crippen molar-refractivity contribution in [2.75, 3.05) is 18.4 Å². The van der Waals surface area contributed by atoms with E-state index < -0.39 is 5.25 Å². The fourth-order valence-electron chi connectivity index (χ4n) is 2.10. The standard InChI is InChI=1S/C15H18FN3O2S/c1-3-17-15-19(4-2)14(21)12(22-15)9-13(20)18-11-7-5-10(16)6-8-11/h5-8,12H,3-4,9H2,1-2H3,(H,18,20)/t12-/m1/s1.